The van der Waals surface area contributed by atoms with Gasteiger partial charge in [0.05, 0.1) is 14.2 Å². The van der Waals surface area contributed by atoms with Crippen LogP contribution in [-0.2, 0) is 6.42 Å². The molecule has 0 atom stereocenters. The molecule has 0 saturated heterocycles. The normalized spacial score (nSPS) is 10.2. The molecule has 0 spiro atoms. The van der Waals surface area contributed by atoms with Crippen LogP contribution in [0.3, 0.4) is 0 Å². The van der Waals surface area contributed by atoms with Crippen LogP contribution in [0.15, 0.2) is 36.4 Å². The molecule has 0 aliphatic rings. The van der Waals surface area contributed by atoms with E-state index in [1.54, 1.807) is 20.3 Å². The molecular formula is C15H18N2O2. The van der Waals surface area contributed by atoms with Gasteiger partial charge >= 0.3 is 0 Å². The van der Waals surface area contributed by atoms with E-state index in [0.29, 0.717) is 23.6 Å². The third-order valence-electron chi connectivity index (χ3n) is 3.01. The van der Waals surface area contributed by atoms with Gasteiger partial charge in [0.25, 0.3) is 0 Å². The van der Waals surface area contributed by atoms with Crippen molar-refractivity contribution in [2.75, 3.05) is 25.7 Å². The maximum absolute atomic E-state index is 5.95. The number of anilines is 2. The molecule has 0 fully saturated rings. The summed E-state index contributed by atoms with van der Waals surface area (Å²) in [5.41, 5.74) is 15.3. The molecule has 2 aromatic rings. The lowest BCUT2D eigenvalue weighted by molar-refractivity contribution is 0.354. The van der Waals surface area contributed by atoms with Crippen LogP contribution in [0.1, 0.15) is 11.1 Å². The molecule has 0 heterocycles. The molecule has 0 radical (unpaired) electrons. The first-order valence-corrected chi connectivity index (χ1v) is 5.99. The summed E-state index contributed by atoms with van der Waals surface area (Å²) in [4.78, 5) is 0. The van der Waals surface area contributed by atoms with Gasteiger partial charge in [-0.1, -0.05) is 6.07 Å². The second-order valence-corrected chi connectivity index (χ2v) is 4.32. The monoisotopic (exact) mass is 258 g/mol. The van der Waals surface area contributed by atoms with E-state index in [9.17, 15) is 0 Å². The van der Waals surface area contributed by atoms with E-state index in [1.165, 1.54) is 0 Å². The first-order chi connectivity index (χ1) is 9.13. The highest BCUT2D eigenvalue weighted by Gasteiger charge is 2.07. The number of benzene rings is 2. The molecule has 2 rings (SSSR count). The third kappa shape index (κ3) is 2.91. The highest BCUT2D eigenvalue weighted by molar-refractivity contribution is 5.57. The Hall–Kier alpha value is -2.36. The summed E-state index contributed by atoms with van der Waals surface area (Å²) in [6, 6.07) is 11.3. The minimum atomic E-state index is 0.706. The Balaban J connectivity index is 2.30. The summed E-state index contributed by atoms with van der Waals surface area (Å²) in [5, 5.41) is 0. The summed E-state index contributed by atoms with van der Waals surface area (Å²) >= 11 is 0. The molecule has 4 nitrogen and oxygen atoms in total. The van der Waals surface area contributed by atoms with Crippen LogP contribution in [0, 0.1) is 0 Å². The van der Waals surface area contributed by atoms with Gasteiger partial charge in [-0.15, -0.1) is 0 Å². The van der Waals surface area contributed by atoms with Gasteiger partial charge in [0, 0.05) is 11.4 Å². The highest BCUT2D eigenvalue weighted by atomic mass is 16.5. The Morgan fingerprint density at radius 3 is 2.32 bits per heavy atom. The average molecular weight is 258 g/mol. The number of rotatable bonds is 4. The zero-order valence-corrected chi connectivity index (χ0v) is 11.1. The van der Waals surface area contributed by atoms with E-state index in [0.717, 1.165) is 16.8 Å². The van der Waals surface area contributed by atoms with Gasteiger partial charge in [-0.2, -0.15) is 0 Å². The van der Waals surface area contributed by atoms with Crippen molar-refractivity contribution in [1.29, 1.82) is 0 Å². The maximum atomic E-state index is 5.95. The second kappa shape index (κ2) is 5.52. The lowest BCUT2D eigenvalue weighted by Gasteiger charge is -2.11. The number of nitrogens with two attached hydrogens (primary N) is 2. The van der Waals surface area contributed by atoms with E-state index in [-0.39, 0.29) is 0 Å². The maximum Gasteiger partial charge on any atom is 0.160 e. The van der Waals surface area contributed by atoms with Crippen molar-refractivity contribution < 1.29 is 9.47 Å². The van der Waals surface area contributed by atoms with Crippen LogP contribution in [-0.4, -0.2) is 14.2 Å². The Morgan fingerprint density at radius 2 is 1.63 bits per heavy atom. The van der Waals surface area contributed by atoms with Crippen molar-refractivity contribution >= 4 is 11.4 Å². The topological polar surface area (TPSA) is 70.5 Å². The van der Waals surface area contributed by atoms with Gasteiger partial charge < -0.3 is 20.9 Å². The van der Waals surface area contributed by atoms with Crippen molar-refractivity contribution in [3.8, 4) is 11.5 Å². The summed E-state index contributed by atoms with van der Waals surface area (Å²) < 4.78 is 10.5. The van der Waals surface area contributed by atoms with Crippen molar-refractivity contribution in [2.45, 2.75) is 6.42 Å². The van der Waals surface area contributed by atoms with E-state index < -0.39 is 0 Å². The van der Waals surface area contributed by atoms with Crippen LogP contribution < -0.4 is 20.9 Å². The summed E-state index contributed by atoms with van der Waals surface area (Å²) in [6.45, 7) is 0. The number of ether oxygens (including phenoxy) is 2. The minimum Gasteiger partial charge on any atom is -0.493 e. The Kier molecular flexibility index (Phi) is 3.80. The highest BCUT2D eigenvalue weighted by Crippen LogP contribution is 2.29. The van der Waals surface area contributed by atoms with E-state index >= 15 is 0 Å². The van der Waals surface area contributed by atoms with Crippen LogP contribution in [0.5, 0.6) is 11.5 Å². The Morgan fingerprint density at radius 1 is 0.895 bits per heavy atom. The van der Waals surface area contributed by atoms with Gasteiger partial charge in [-0.25, -0.2) is 0 Å². The fraction of sp³-hybridized carbons (Fsp3) is 0.200. The number of methoxy groups -OCH3 is 2. The third-order valence-corrected chi connectivity index (χ3v) is 3.01. The first kappa shape index (κ1) is 13.1. The molecule has 0 aromatic heterocycles. The fourth-order valence-electron chi connectivity index (χ4n) is 1.99. The average Bonchev–Trinajstić information content (AvgIpc) is 2.42. The molecule has 100 valence electrons. The van der Waals surface area contributed by atoms with Crippen LogP contribution >= 0.6 is 0 Å². The fourth-order valence-corrected chi connectivity index (χ4v) is 1.99. The largest absolute Gasteiger partial charge is 0.493 e. The van der Waals surface area contributed by atoms with Crippen molar-refractivity contribution in [3.63, 3.8) is 0 Å². The quantitative estimate of drug-likeness (QED) is 0.826. The molecule has 4 N–H and O–H groups in total. The molecule has 0 saturated carbocycles. The van der Waals surface area contributed by atoms with E-state index in [1.807, 2.05) is 30.3 Å². The molecule has 2 aromatic carbocycles. The Labute approximate surface area is 112 Å². The van der Waals surface area contributed by atoms with E-state index in [4.69, 9.17) is 20.9 Å². The predicted molar refractivity (Wildman–Crippen MR) is 77.6 cm³/mol. The van der Waals surface area contributed by atoms with Crippen molar-refractivity contribution in [2.24, 2.45) is 0 Å². The molecule has 0 amide bonds. The lowest BCUT2D eigenvalue weighted by Crippen LogP contribution is -1.98. The predicted octanol–water partition coefficient (Wildman–Crippen LogP) is 2.46. The standard InChI is InChI=1S/C15H18N2O2/c1-18-14-6-3-10(8-15(14)19-2)7-11-9-12(16)4-5-13(11)17/h3-6,8-9H,7,16-17H2,1-2H3. The van der Waals surface area contributed by atoms with Crippen LogP contribution in [0.4, 0.5) is 11.4 Å². The molecule has 0 aliphatic heterocycles. The zero-order chi connectivity index (χ0) is 13.8. The summed E-state index contributed by atoms with van der Waals surface area (Å²) in [6.07, 6.45) is 0.706. The Bertz CT molecular complexity index is 582. The molecule has 19 heavy (non-hydrogen) atoms. The zero-order valence-electron chi connectivity index (χ0n) is 11.1. The number of nitrogen functional groups attached to an aromatic ring is 2. The lowest BCUT2D eigenvalue weighted by atomic mass is 10.0. The van der Waals surface area contributed by atoms with Crippen LogP contribution in [0.2, 0.25) is 0 Å². The van der Waals surface area contributed by atoms with Crippen molar-refractivity contribution in [3.05, 3.63) is 47.5 Å². The first-order valence-electron chi connectivity index (χ1n) is 5.99. The molecule has 4 heteroatoms. The minimum absolute atomic E-state index is 0.706. The summed E-state index contributed by atoms with van der Waals surface area (Å²) in [5.74, 6) is 1.43. The molecule has 0 bridgehead atoms. The van der Waals surface area contributed by atoms with Crippen molar-refractivity contribution in [1.82, 2.24) is 0 Å². The number of hydrogen-bond donors (Lipinski definition) is 2. The molecule has 0 unspecified atom stereocenters. The number of hydrogen-bond acceptors (Lipinski definition) is 4. The van der Waals surface area contributed by atoms with Gasteiger partial charge in [0.1, 0.15) is 0 Å². The van der Waals surface area contributed by atoms with Gasteiger partial charge in [-0.3, -0.25) is 0 Å². The van der Waals surface area contributed by atoms with Gasteiger partial charge in [-0.05, 0) is 47.9 Å². The van der Waals surface area contributed by atoms with Gasteiger partial charge in [0.2, 0.25) is 0 Å². The van der Waals surface area contributed by atoms with Crippen LogP contribution in [0.25, 0.3) is 0 Å². The SMILES string of the molecule is COc1ccc(Cc2cc(N)ccc2N)cc1OC. The second-order valence-electron chi connectivity index (χ2n) is 4.32. The molecular weight excluding hydrogens is 240 g/mol. The van der Waals surface area contributed by atoms with E-state index in [2.05, 4.69) is 0 Å². The smallest absolute Gasteiger partial charge is 0.160 e. The van der Waals surface area contributed by atoms with Gasteiger partial charge in [0.15, 0.2) is 11.5 Å². The summed E-state index contributed by atoms with van der Waals surface area (Å²) in [7, 11) is 3.24. The molecule has 0 aliphatic carbocycles.